The van der Waals surface area contributed by atoms with Gasteiger partial charge in [-0.25, -0.2) is 13.1 Å². The van der Waals surface area contributed by atoms with Gasteiger partial charge in [-0.15, -0.1) is 0 Å². The predicted octanol–water partition coefficient (Wildman–Crippen LogP) is 4.82. The monoisotopic (exact) mass is 466 g/mol. The van der Waals surface area contributed by atoms with Gasteiger partial charge in [0.05, 0.1) is 4.90 Å². The number of carbonyl (C=O) groups is 1. The van der Waals surface area contributed by atoms with Crippen LogP contribution in [0.15, 0.2) is 23.1 Å². The summed E-state index contributed by atoms with van der Waals surface area (Å²) < 4.78 is 28.6. The number of benzene rings is 1. The second-order valence-corrected chi connectivity index (χ2v) is 13.0. The van der Waals surface area contributed by atoms with Crippen molar-refractivity contribution in [3.8, 4) is 0 Å². The molecule has 4 fully saturated rings. The minimum atomic E-state index is -3.79. The molecule has 2 unspecified atom stereocenters. The number of halogens is 1. The maximum Gasteiger partial charge on any atom is 0.241 e. The third kappa shape index (κ3) is 4.53. The van der Waals surface area contributed by atoms with E-state index in [-0.39, 0.29) is 23.3 Å². The molecular formula is C24H35ClN2O3S. The van der Waals surface area contributed by atoms with Gasteiger partial charge in [-0.1, -0.05) is 31.0 Å². The molecule has 0 aliphatic heterocycles. The lowest BCUT2D eigenvalue weighted by molar-refractivity contribution is -0.129. The summed E-state index contributed by atoms with van der Waals surface area (Å²) in [6.07, 6.45) is 7.63. The Morgan fingerprint density at radius 3 is 2.45 bits per heavy atom. The van der Waals surface area contributed by atoms with Gasteiger partial charge in [0.15, 0.2) is 0 Å². The zero-order valence-corrected chi connectivity index (χ0v) is 20.6. The molecule has 0 spiro atoms. The van der Waals surface area contributed by atoms with Crippen LogP contribution in [0.5, 0.6) is 0 Å². The van der Waals surface area contributed by atoms with Gasteiger partial charge in [0.25, 0.3) is 0 Å². The normalized spacial score (nSPS) is 32.3. The van der Waals surface area contributed by atoms with E-state index in [0.717, 1.165) is 5.92 Å². The largest absolute Gasteiger partial charge is 0.353 e. The molecule has 0 saturated heterocycles. The molecule has 172 valence electrons. The van der Waals surface area contributed by atoms with E-state index in [1.54, 1.807) is 32.9 Å². The van der Waals surface area contributed by atoms with E-state index in [9.17, 15) is 13.2 Å². The van der Waals surface area contributed by atoms with Crippen LogP contribution in [0.2, 0.25) is 5.02 Å². The minimum Gasteiger partial charge on any atom is -0.353 e. The summed E-state index contributed by atoms with van der Waals surface area (Å²) in [5.74, 6) is 1.90. The Hall–Kier alpha value is -1.11. The first-order chi connectivity index (χ1) is 14.4. The van der Waals surface area contributed by atoms with Crippen molar-refractivity contribution in [1.29, 1.82) is 0 Å². The second kappa shape index (κ2) is 8.03. The molecule has 4 saturated carbocycles. The SMILES string of the molecule is CCC12CC3CC(C1)C(NC(=O)CC(C)(C)NS(=O)(=O)c1cccc(Cl)c1C)C(C3)C2. The van der Waals surface area contributed by atoms with E-state index in [2.05, 4.69) is 17.0 Å². The Morgan fingerprint density at radius 2 is 1.84 bits per heavy atom. The number of hydrogen-bond acceptors (Lipinski definition) is 3. The van der Waals surface area contributed by atoms with Crippen molar-refractivity contribution >= 4 is 27.5 Å². The lowest BCUT2D eigenvalue weighted by Gasteiger charge is -2.60. The number of rotatable bonds is 7. The highest BCUT2D eigenvalue weighted by molar-refractivity contribution is 7.89. The van der Waals surface area contributed by atoms with Crippen molar-refractivity contribution in [2.45, 2.75) is 89.1 Å². The highest BCUT2D eigenvalue weighted by atomic mass is 35.5. The average Bonchev–Trinajstić information content (AvgIpc) is 2.65. The summed E-state index contributed by atoms with van der Waals surface area (Å²) in [4.78, 5) is 13.1. The van der Waals surface area contributed by atoms with E-state index < -0.39 is 15.6 Å². The van der Waals surface area contributed by atoms with Gasteiger partial charge in [-0.3, -0.25) is 4.79 Å². The molecule has 4 bridgehead atoms. The van der Waals surface area contributed by atoms with Crippen LogP contribution in [0, 0.1) is 30.1 Å². The summed E-state index contributed by atoms with van der Waals surface area (Å²) in [6.45, 7) is 7.52. The van der Waals surface area contributed by atoms with Crippen LogP contribution in [0.25, 0.3) is 0 Å². The molecule has 0 heterocycles. The van der Waals surface area contributed by atoms with Crippen LogP contribution in [-0.2, 0) is 14.8 Å². The molecule has 2 N–H and O–H groups in total. The summed E-state index contributed by atoms with van der Waals surface area (Å²) >= 11 is 6.11. The molecule has 1 amide bonds. The Kier molecular flexibility index (Phi) is 5.98. The smallest absolute Gasteiger partial charge is 0.241 e. The Balaban J connectivity index is 1.41. The number of sulfonamides is 1. The summed E-state index contributed by atoms with van der Waals surface area (Å²) in [5.41, 5.74) is 0.103. The maximum absolute atomic E-state index is 13.0. The number of hydrogen-bond donors (Lipinski definition) is 2. The van der Waals surface area contributed by atoms with Crippen molar-refractivity contribution in [2.24, 2.45) is 23.2 Å². The highest BCUT2D eigenvalue weighted by Gasteiger charge is 2.54. The standard InChI is InChI=1S/C24H35ClN2O3S/c1-5-24-11-16-9-17(12-24)22(18(10-16)13-24)26-21(28)14-23(3,4)27-31(29,30)20-8-6-7-19(25)15(20)2/h6-8,16-18,22,27H,5,9-14H2,1-4H3,(H,26,28). The molecule has 2 atom stereocenters. The number of carbonyl (C=O) groups excluding carboxylic acids is 1. The highest BCUT2D eigenvalue weighted by Crippen LogP contribution is 2.61. The summed E-state index contributed by atoms with van der Waals surface area (Å²) in [5, 5.41) is 3.72. The fourth-order valence-electron chi connectivity index (χ4n) is 6.83. The fraction of sp³-hybridized carbons (Fsp3) is 0.708. The molecule has 5 nitrogen and oxygen atoms in total. The van der Waals surface area contributed by atoms with Gasteiger partial charge in [-0.2, -0.15) is 0 Å². The van der Waals surface area contributed by atoms with Crippen LogP contribution in [-0.4, -0.2) is 25.9 Å². The van der Waals surface area contributed by atoms with Crippen LogP contribution < -0.4 is 10.0 Å². The van der Waals surface area contributed by atoms with Crippen molar-refractivity contribution < 1.29 is 13.2 Å². The molecule has 4 aliphatic rings. The van der Waals surface area contributed by atoms with Crippen LogP contribution >= 0.6 is 11.6 Å². The second-order valence-electron chi connectivity index (χ2n) is 10.9. The quantitative estimate of drug-likeness (QED) is 0.605. The first-order valence-electron chi connectivity index (χ1n) is 11.5. The first kappa shape index (κ1) is 23.1. The third-order valence-electron chi connectivity index (χ3n) is 8.00. The van der Waals surface area contributed by atoms with Gasteiger partial charge in [0.2, 0.25) is 15.9 Å². The predicted molar refractivity (Wildman–Crippen MR) is 123 cm³/mol. The van der Waals surface area contributed by atoms with Crippen molar-refractivity contribution in [1.82, 2.24) is 10.0 Å². The zero-order chi connectivity index (χ0) is 22.6. The molecule has 0 aromatic heterocycles. The van der Waals surface area contributed by atoms with Crippen LogP contribution in [0.3, 0.4) is 0 Å². The summed E-state index contributed by atoms with van der Waals surface area (Å²) in [7, 11) is -3.79. The molecule has 1 aromatic carbocycles. The van der Waals surface area contributed by atoms with Crippen LogP contribution in [0.4, 0.5) is 0 Å². The number of nitrogens with one attached hydrogen (secondary N) is 2. The molecule has 7 heteroatoms. The van der Waals surface area contributed by atoms with E-state index in [1.807, 2.05) is 0 Å². The van der Waals surface area contributed by atoms with Crippen LogP contribution in [0.1, 0.15) is 71.3 Å². The van der Waals surface area contributed by atoms with E-state index in [4.69, 9.17) is 11.6 Å². The number of amides is 1. The van der Waals surface area contributed by atoms with E-state index in [1.165, 1.54) is 44.6 Å². The van der Waals surface area contributed by atoms with E-state index in [0.29, 0.717) is 27.8 Å². The van der Waals surface area contributed by atoms with Gasteiger partial charge >= 0.3 is 0 Å². The Labute approximate surface area is 191 Å². The van der Waals surface area contributed by atoms with E-state index >= 15 is 0 Å². The van der Waals surface area contributed by atoms with Crippen molar-refractivity contribution in [3.05, 3.63) is 28.8 Å². The molecule has 5 rings (SSSR count). The Morgan fingerprint density at radius 1 is 1.19 bits per heavy atom. The topological polar surface area (TPSA) is 75.3 Å². The molecule has 4 aliphatic carbocycles. The molecule has 31 heavy (non-hydrogen) atoms. The summed E-state index contributed by atoms with van der Waals surface area (Å²) in [6, 6.07) is 5.07. The lowest BCUT2D eigenvalue weighted by Crippen LogP contribution is -2.59. The lowest BCUT2D eigenvalue weighted by atomic mass is 9.47. The maximum atomic E-state index is 13.0. The van der Waals surface area contributed by atoms with Gasteiger partial charge in [0.1, 0.15) is 0 Å². The first-order valence-corrected chi connectivity index (χ1v) is 13.4. The van der Waals surface area contributed by atoms with Crippen molar-refractivity contribution in [2.75, 3.05) is 0 Å². The third-order valence-corrected chi connectivity index (χ3v) is 10.3. The van der Waals surface area contributed by atoms with Gasteiger partial charge in [-0.05, 0) is 93.7 Å². The zero-order valence-electron chi connectivity index (χ0n) is 19.0. The molecule has 1 aromatic rings. The van der Waals surface area contributed by atoms with Crippen molar-refractivity contribution in [3.63, 3.8) is 0 Å². The van der Waals surface area contributed by atoms with Gasteiger partial charge in [0, 0.05) is 23.0 Å². The molecular weight excluding hydrogens is 432 g/mol. The fourth-order valence-corrected chi connectivity index (χ4v) is 8.74. The molecule has 0 radical (unpaired) electrons. The Bertz CT molecular complexity index is 959. The minimum absolute atomic E-state index is 0.0708. The average molecular weight is 467 g/mol. The van der Waals surface area contributed by atoms with Gasteiger partial charge < -0.3 is 5.32 Å².